The van der Waals surface area contributed by atoms with Gasteiger partial charge >= 0.3 is 0 Å². The predicted molar refractivity (Wildman–Crippen MR) is 65.7 cm³/mol. The molecule has 1 aromatic rings. The molecule has 0 saturated carbocycles. The van der Waals surface area contributed by atoms with Crippen LogP contribution >= 0.6 is 27.5 Å². The van der Waals surface area contributed by atoms with Gasteiger partial charge < -0.3 is 5.73 Å². The van der Waals surface area contributed by atoms with Gasteiger partial charge in [0.1, 0.15) is 0 Å². The van der Waals surface area contributed by atoms with Crippen LogP contribution in [0, 0.1) is 5.41 Å². The first kappa shape index (κ1) is 12.0. The molecule has 0 atom stereocenters. The lowest BCUT2D eigenvalue weighted by Gasteiger charge is -2.22. The molecule has 0 spiro atoms. The highest BCUT2D eigenvalue weighted by molar-refractivity contribution is 9.10. The van der Waals surface area contributed by atoms with Gasteiger partial charge in [0.15, 0.2) is 0 Å². The highest BCUT2D eigenvalue weighted by atomic mass is 79.9. The van der Waals surface area contributed by atoms with Crippen molar-refractivity contribution in [1.29, 1.82) is 0 Å². The lowest BCUT2D eigenvalue weighted by Crippen LogP contribution is -2.26. The van der Waals surface area contributed by atoms with Crippen LogP contribution in [0.1, 0.15) is 19.4 Å². The van der Waals surface area contributed by atoms with E-state index in [9.17, 15) is 0 Å². The van der Waals surface area contributed by atoms with Gasteiger partial charge in [0.05, 0.1) is 0 Å². The lowest BCUT2D eigenvalue weighted by atomic mass is 9.86. The molecule has 0 heterocycles. The molecule has 1 aromatic carbocycles. The Kier molecular flexibility index (Phi) is 3.99. The van der Waals surface area contributed by atoms with Crippen molar-refractivity contribution in [3.8, 4) is 0 Å². The molecule has 2 N–H and O–H groups in total. The summed E-state index contributed by atoms with van der Waals surface area (Å²) in [7, 11) is 0. The molecule has 0 aliphatic heterocycles. The van der Waals surface area contributed by atoms with Crippen molar-refractivity contribution in [3.05, 3.63) is 33.3 Å². The Bertz CT molecular complexity index is 323. The fourth-order valence-corrected chi connectivity index (χ4v) is 2.08. The summed E-state index contributed by atoms with van der Waals surface area (Å²) in [5.41, 5.74) is 7.08. The zero-order valence-electron chi connectivity index (χ0n) is 8.48. The van der Waals surface area contributed by atoms with Gasteiger partial charge in [-0.2, -0.15) is 0 Å². The van der Waals surface area contributed by atoms with Gasteiger partial charge in [-0.15, -0.1) is 0 Å². The molecule has 0 aliphatic carbocycles. The summed E-state index contributed by atoms with van der Waals surface area (Å²) in [5.74, 6) is 0. The van der Waals surface area contributed by atoms with Crippen LogP contribution in [0.2, 0.25) is 5.02 Å². The van der Waals surface area contributed by atoms with Crippen molar-refractivity contribution in [1.82, 2.24) is 0 Å². The fourth-order valence-electron chi connectivity index (χ4n) is 1.25. The molecule has 1 nitrogen and oxygen atoms in total. The van der Waals surface area contributed by atoms with E-state index in [4.69, 9.17) is 17.3 Å². The van der Waals surface area contributed by atoms with E-state index < -0.39 is 0 Å². The monoisotopic (exact) mass is 275 g/mol. The molecule has 0 unspecified atom stereocenters. The smallest absolute Gasteiger partial charge is 0.0417 e. The normalized spacial score (nSPS) is 11.8. The summed E-state index contributed by atoms with van der Waals surface area (Å²) in [6.45, 7) is 5.00. The standard InChI is InChI=1S/C11H15BrClN/c1-11(2,7-14)6-8-3-4-9(13)5-10(8)12/h3-5H,6-7,14H2,1-2H3. The third-order valence-electron chi connectivity index (χ3n) is 2.24. The minimum atomic E-state index is 0.135. The molecule has 0 radical (unpaired) electrons. The van der Waals surface area contributed by atoms with Crippen LogP contribution in [0.3, 0.4) is 0 Å². The fraction of sp³-hybridized carbons (Fsp3) is 0.455. The maximum Gasteiger partial charge on any atom is 0.0417 e. The van der Waals surface area contributed by atoms with Gasteiger partial charge in [-0.1, -0.05) is 47.4 Å². The van der Waals surface area contributed by atoms with E-state index in [2.05, 4.69) is 29.8 Å². The van der Waals surface area contributed by atoms with Crippen molar-refractivity contribution < 1.29 is 0 Å². The number of benzene rings is 1. The number of halogens is 2. The Labute approximate surface area is 98.8 Å². The average Bonchev–Trinajstić information content (AvgIpc) is 2.10. The molecule has 3 heteroatoms. The number of hydrogen-bond acceptors (Lipinski definition) is 1. The second-order valence-electron chi connectivity index (χ2n) is 4.28. The van der Waals surface area contributed by atoms with Crippen LogP contribution in [0.25, 0.3) is 0 Å². The predicted octanol–water partition coefficient (Wildman–Crippen LogP) is 3.63. The van der Waals surface area contributed by atoms with Crippen LogP contribution < -0.4 is 5.73 Å². The van der Waals surface area contributed by atoms with Crippen molar-refractivity contribution in [2.24, 2.45) is 11.1 Å². The molecule has 0 fully saturated rings. The largest absolute Gasteiger partial charge is 0.330 e. The average molecular weight is 277 g/mol. The maximum atomic E-state index is 5.87. The van der Waals surface area contributed by atoms with Crippen LogP contribution in [0.15, 0.2) is 22.7 Å². The number of rotatable bonds is 3. The zero-order valence-corrected chi connectivity index (χ0v) is 10.8. The Balaban J connectivity index is 2.87. The maximum absolute atomic E-state index is 5.87. The first-order valence-electron chi connectivity index (χ1n) is 4.58. The van der Waals surface area contributed by atoms with Crippen molar-refractivity contribution in [2.75, 3.05) is 6.54 Å². The third kappa shape index (κ3) is 3.26. The quantitative estimate of drug-likeness (QED) is 0.896. The molecule has 14 heavy (non-hydrogen) atoms. The summed E-state index contributed by atoms with van der Waals surface area (Å²) in [6.07, 6.45) is 0.960. The molecule has 0 amide bonds. The van der Waals surface area contributed by atoms with Gasteiger partial charge in [-0.25, -0.2) is 0 Å². The minimum absolute atomic E-state index is 0.135. The molecular formula is C11H15BrClN. The van der Waals surface area contributed by atoms with Crippen molar-refractivity contribution >= 4 is 27.5 Å². The zero-order chi connectivity index (χ0) is 10.8. The Morgan fingerprint density at radius 2 is 2.07 bits per heavy atom. The topological polar surface area (TPSA) is 26.0 Å². The van der Waals surface area contributed by atoms with E-state index in [1.165, 1.54) is 5.56 Å². The Morgan fingerprint density at radius 1 is 1.43 bits per heavy atom. The summed E-state index contributed by atoms with van der Waals surface area (Å²) < 4.78 is 1.06. The number of nitrogens with two attached hydrogens (primary N) is 1. The molecule has 78 valence electrons. The van der Waals surface area contributed by atoms with Crippen LogP contribution in [0.5, 0.6) is 0 Å². The molecule has 0 saturated heterocycles. The Hall–Kier alpha value is -0.0500. The number of hydrogen-bond donors (Lipinski definition) is 1. The molecular weight excluding hydrogens is 261 g/mol. The van der Waals surface area contributed by atoms with Gasteiger partial charge in [0.2, 0.25) is 0 Å². The van der Waals surface area contributed by atoms with E-state index >= 15 is 0 Å². The second kappa shape index (κ2) is 4.65. The third-order valence-corrected chi connectivity index (χ3v) is 3.21. The first-order valence-corrected chi connectivity index (χ1v) is 5.76. The van der Waals surface area contributed by atoms with E-state index in [1.807, 2.05) is 18.2 Å². The van der Waals surface area contributed by atoms with Gasteiger partial charge in [0, 0.05) is 9.50 Å². The molecule has 0 aliphatic rings. The summed E-state index contributed by atoms with van der Waals surface area (Å²) >= 11 is 9.37. The van der Waals surface area contributed by atoms with Gasteiger partial charge in [-0.05, 0) is 36.1 Å². The highest BCUT2D eigenvalue weighted by Crippen LogP contribution is 2.27. The minimum Gasteiger partial charge on any atom is -0.330 e. The summed E-state index contributed by atoms with van der Waals surface area (Å²) in [4.78, 5) is 0. The lowest BCUT2D eigenvalue weighted by molar-refractivity contribution is 0.376. The van der Waals surface area contributed by atoms with Crippen molar-refractivity contribution in [3.63, 3.8) is 0 Å². The van der Waals surface area contributed by atoms with E-state index in [0.717, 1.165) is 15.9 Å². The van der Waals surface area contributed by atoms with Crippen molar-refractivity contribution in [2.45, 2.75) is 20.3 Å². The summed E-state index contributed by atoms with van der Waals surface area (Å²) in [6, 6.07) is 5.88. The van der Waals surface area contributed by atoms with E-state index in [0.29, 0.717) is 6.54 Å². The van der Waals surface area contributed by atoms with E-state index in [-0.39, 0.29) is 5.41 Å². The second-order valence-corrected chi connectivity index (χ2v) is 5.57. The molecule has 0 bridgehead atoms. The van der Waals surface area contributed by atoms with Gasteiger partial charge in [0.25, 0.3) is 0 Å². The van der Waals surface area contributed by atoms with Crippen LogP contribution in [-0.4, -0.2) is 6.54 Å². The van der Waals surface area contributed by atoms with Crippen LogP contribution in [0.4, 0.5) is 0 Å². The summed E-state index contributed by atoms with van der Waals surface area (Å²) in [5, 5.41) is 0.756. The molecule has 0 aromatic heterocycles. The SMILES string of the molecule is CC(C)(CN)Cc1ccc(Cl)cc1Br. The van der Waals surface area contributed by atoms with Gasteiger partial charge in [-0.3, -0.25) is 0 Å². The molecule has 1 rings (SSSR count). The highest BCUT2D eigenvalue weighted by Gasteiger charge is 2.17. The Morgan fingerprint density at radius 3 is 2.57 bits per heavy atom. The van der Waals surface area contributed by atoms with E-state index in [1.54, 1.807) is 0 Å². The van der Waals surface area contributed by atoms with Crippen LogP contribution in [-0.2, 0) is 6.42 Å². The first-order chi connectivity index (χ1) is 6.44.